The number of carbonyl (C=O) groups excluding carboxylic acids is 1. The quantitative estimate of drug-likeness (QED) is 0.904. The zero-order valence-electron chi connectivity index (χ0n) is 12.9. The standard InChI is InChI=1S/C17H26N2OS/c1-13-7-9-19(10-8-13)15(16-6-3-11-21-16)12-18-17(20)14-4-2-5-14/h3,6,11,13-15H,2,4-5,7-10,12H2,1H3,(H,18,20)/t15-/m1/s1. The van der Waals surface area contributed by atoms with E-state index in [0.717, 1.165) is 38.4 Å². The average molecular weight is 306 g/mol. The summed E-state index contributed by atoms with van der Waals surface area (Å²) in [6.07, 6.45) is 5.93. The smallest absolute Gasteiger partial charge is 0.223 e. The molecule has 0 aromatic carbocycles. The average Bonchev–Trinajstić information content (AvgIpc) is 2.93. The molecule has 21 heavy (non-hydrogen) atoms. The number of nitrogens with one attached hydrogen (secondary N) is 1. The van der Waals surface area contributed by atoms with E-state index >= 15 is 0 Å². The van der Waals surface area contributed by atoms with Gasteiger partial charge in [0.05, 0.1) is 6.04 Å². The first kappa shape index (κ1) is 15.0. The predicted molar refractivity (Wildman–Crippen MR) is 87.4 cm³/mol. The second-order valence-corrected chi connectivity index (χ2v) is 7.60. The molecule has 3 rings (SSSR count). The van der Waals surface area contributed by atoms with E-state index in [1.807, 2.05) is 11.3 Å². The highest BCUT2D eigenvalue weighted by Crippen LogP contribution is 2.30. The molecular weight excluding hydrogens is 280 g/mol. The van der Waals surface area contributed by atoms with Gasteiger partial charge in [-0.2, -0.15) is 0 Å². The van der Waals surface area contributed by atoms with Gasteiger partial charge in [-0.05, 0) is 56.1 Å². The van der Waals surface area contributed by atoms with E-state index < -0.39 is 0 Å². The normalized spacial score (nSPS) is 22.7. The first-order valence-corrected chi connectivity index (χ1v) is 9.17. The van der Waals surface area contributed by atoms with Crippen molar-refractivity contribution in [2.24, 2.45) is 11.8 Å². The number of thiophene rings is 1. The Bertz CT molecular complexity index is 447. The molecule has 1 aromatic rings. The summed E-state index contributed by atoms with van der Waals surface area (Å²) >= 11 is 1.81. The molecule has 3 nitrogen and oxygen atoms in total. The van der Waals surface area contributed by atoms with Crippen LogP contribution in [0.25, 0.3) is 0 Å². The summed E-state index contributed by atoms with van der Waals surface area (Å²) < 4.78 is 0. The van der Waals surface area contributed by atoms with E-state index in [1.54, 1.807) is 0 Å². The van der Waals surface area contributed by atoms with Crippen LogP contribution in [0, 0.1) is 11.8 Å². The number of amides is 1. The number of rotatable bonds is 5. The van der Waals surface area contributed by atoms with E-state index in [9.17, 15) is 4.79 Å². The van der Waals surface area contributed by atoms with Crippen LogP contribution in [0.4, 0.5) is 0 Å². The molecule has 2 aliphatic rings. The highest BCUT2D eigenvalue weighted by Gasteiger charge is 2.28. The zero-order chi connectivity index (χ0) is 14.7. The second-order valence-electron chi connectivity index (χ2n) is 6.62. The molecule has 1 aromatic heterocycles. The van der Waals surface area contributed by atoms with Gasteiger partial charge in [-0.15, -0.1) is 11.3 Å². The zero-order valence-corrected chi connectivity index (χ0v) is 13.7. The fourth-order valence-electron chi connectivity index (χ4n) is 3.24. The first-order chi connectivity index (χ1) is 10.2. The van der Waals surface area contributed by atoms with Crippen molar-refractivity contribution >= 4 is 17.2 Å². The summed E-state index contributed by atoms with van der Waals surface area (Å²) in [5.74, 6) is 1.40. The van der Waals surface area contributed by atoms with Crippen LogP contribution in [0.5, 0.6) is 0 Å². The molecule has 2 heterocycles. The van der Waals surface area contributed by atoms with Gasteiger partial charge in [-0.3, -0.25) is 9.69 Å². The van der Waals surface area contributed by atoms with Crippen molar-refractivity contribution in [2.45, 2.75) is 45.1 Å². The minimum atomic E-state index is 0.271. The lowest BCUT2D eigenvalue weighted by atomic mass is 9.85. The van der Waals surface area contributed by atoms with Crippen LogP contribution in [-0.4, -0.2) is 30.4 Å². The van der Waals surface area contributed by atoms with E-state index in [2.05, 4.69) is 34.7 Å². The van der Waals surface area contributed by atoms with Gasteiger partial charge in [0.25, 0.3) is 0 Å². The Morgan fingerprint density at radius 2 is 2.14 bits per heavy atom. The number of likely N-dealkylation sites (tertiary alicyclic amines) is 1. The van der Waals surface area contributed by atoms with Crippen LogP contribution in [0.2, 0.25) is 0 Å². The monoisotopic (exact) mass is 306 g/mol. The van der Waals surface area contributed by atoms with E-state index in [4.69, 9.17) is 0 Å². The van der Waals surface area contributed by atoms with Crippen LogP contribution in [-0.2, 0) is 4.79 Å². The largest absolute Gasteiger partial charge is 0.354 e. The number of hydrogen-bond acceptors (Lipinski definition) is 3. The second kappa shape index (κ2) is 6.93. The maximum Gasteiger partial charge on any atom is 0.223 e. The van der Waals surface area contributed by atoms with Crippen molar-refractivity contribution in [3.8, 4) is 0 Å². The third-order valence-electron chi connectivity index (χ3n) is 5.08. The summed E-state index contributed by atoms with van der Waals surface area (Å²) in [5.41, 5.74) is 0. The summed E-state index contributed by atoms with van der Waals surface area (Å²) in [6.45, 7) is 5.42. The Labute approximate surface area is 131 Å². The van der Waals surface area contributed by atoms with E-state index in [0.29, 0.717) is 6.04 Å². The molecule has 0 unspecified atom stereocenters. The molecule has 1 N–H and O–H groups in total. The molecule has 1 amide bonds. The van der Waals surface area contributed by atoms with E-state index in [1.165, 1.54) is 24.1 Å². The fraction of sp³-hybridized carbons (Fsp3) is 0.706. The molecule has 1 aliphatic carbocycles. The van der Waals surface area contributed by atoms with Gasteiger partial charge in [-0.25, -0.2) is 0 Å². The Kier molecular flexibility index (Phi) is 4.96. The SMILES string of the molecule is CC1CCN([C@H](CNC(=O)C2CCC2)c2cccs2)CC1. The van der Waals surface area contributed by atoms with Gasteiger partial charge in [0.15, 0.2) is 0 Å². The summed E-state index contributed by atoms with van der Waals surface area (Å²) in [4.78, 5) is 16.1. The molecular formula is C17H26N2OS. The van der Waals surface area contributed by atoms with Crippen molar-refractivity contribution in [3.05, 3.63) is 22.4 Å². The van der Waals surface area contributed by atoms with Crippen molar-refractivity contribution < 1.29 is 4.79 Å². The highest BCUT2D eigenvalue weighted by atomic mass is 32.1. The predicted octanol–water partition coefficient (Wildman–Crippen LogP) is 3.44. The maximum absolute atomic E-state index is 12.1. The third kappa shape index (κ3) is 3.67. The molecule has 1 saturated carbocycles. The lowest BCUT2D eigenvalue weighted by Gasteiger charge is -2.37. The van der Waals surface area contributed by atoms with Crippen LogP contribution >= 0.6 is 11.3 Å². The lowest BCUT2D eigenvalue weighted by molar-refractivity contribution is -0.127. The van der Waals surface area contributed by atoms with E-state index in [-0.39, 0.29) is 11.8 Å². The molecule has 2 fully saturated rings. The van der Waals surface area contributed by atoms with Crippen molar-refractivity contribution in [3.63, 3.8) is 0 Å². The van der Waals surface area contributed by atoms with Crippen LogP contribution < -0.4 is 5.32 Å². The van der Waals surface area contributed by atoms with Gasteiger partial charge < -0.3 is 5.32 Å². The molecule has 4 heteroatoms. The highest BCUT2D eigenvalue weighted by molar-refractivity contribution is 7.10. The van der Waals surface area contributed by atoms with Crippen LogP contribution in [0.15, 0.2) is 17.5 Å². The van der Waals surface area contributed by atoms with Gasteiger partial charge in [0, 0.05) is 17.3 Å². The van der Waals surface area contributed by atoms with Crippen LogP contribution in [0.1, 0.15) is 49.9 Å². The number of piperidine rings is 1. The van der Waals surface area contributed by atoms with Gasteiger partial charge in [0.2, 0.25) is 5.91 Å². The van der Waals surface area contributed by atoms with Crippen molar-refractivity contribution in [1.29, 1.82) is 0 Å². The summed E-state index contributed by atoms with van der Waals surface area (Å²) in [6, 6.07) is 4.69. The van der Waals surface area contributed by atoms with Crippen molar-refractivity contribution in [1.82, 2.24) is 10.2 Å². The van der Waals surface area contributed by atoms with Gasteiger partial charge in [-0.1, -0.05) is 19.4 Å². The minimum absolute atomic E-state index is 0.271. The van der Waals surface area contributed by atoms with Gasteiger partial charge in [0.1, 0.15) is 0 Å². The number of hydrogen-bond donors (Lipinski definition) is 1. The Morgan fingerprint density at radius 1 is 1.38 bits per heavy atom. The minimum Gasteiger partial charge on any atom is -0.354 e. The lowest BCUT2D eigenvalue weighted by Crippen LogP contribution is -2.43. The first-order valence-electron chi connectivity index (χ1n) is 8.29. The molecule has 0 radical (unpaired) electrons. The molecule has 1 atom stereocenters. The summed E-state index contributed by atoms with van der Waals surface area (Å²) in [7, 11) is 0. The summed E-state index contributed by atoms with van der Waals surface area (Å²) in [5, 5.41) is 5.35. The van der Waals surface area contributed by atoms with Crippen molar-refractivity contribution in [2.75, 3.05) is 19.6 Å². The fourth-order valence-corrected chi connectivity index (χ4v) is 4.10. The number of carbonyl (C=O) groups is 1. The maximum atomic E-state index is 12.1. The molecule has 1 saturated heterocycles. The topological polar surface area (TPSA) is 32.3 Å². The number of nitrogens with zero attached hydrogens (tertiary/aromatic N) is 1. The Morgan fingerprint density at radius 3 is 2.71 bits per heavy atom. The van der Waals surface area contributed by atoms with Crippen LogP contribution in [0.3, 0.4) is 0 Å². The molecule has 0 spiro atoms. The molecule has 1 aliphatic heterocycles. The van der Waals surface area contributed by atoms with Gasteiger partial charge >= 0.3 is 0 Å². The third-order valence-corrected chi connectivity index (χ3v) is 6.05. The Balaban J connectivity index is 1.60. The molecule has 116 valence electrons. The Hall–Kier alpha value is -0.870. The molecule has 0 bridgehead atoms.